The molecule has 1 aromatic carbocycles. The summed E-state index contributed by atoms with van der Waals surface area (Å²) in [5, 5.41) is 1.02. The second-order valence-corrected chi connectivity index (χ2v) is 5.85. The number of rotatable bonds is 6. The minimum atomic E-state index is 0.419. The van der Waals surface area contributed by atoms with Gasteiger partial charge in [-0.2, -0.15) is 0 Å². The summed E-state index contributed by atoms with van der Waals surface area (Å²) < 4.78 is 5.92. The molecule has 1 aliphatic heterocycles. The first-order valence-corrected chi connectivity index (χ1v) is 7.88. The maximum atomic E-state index is 5.92. The number of alkyl halides is 1. The van der Waals surface area contributed by atoms with Crippen molar-refractivity contribution in [1.82, 2.24) is 4.90 Å². The van der Waals surface area contributed by atoms with Crippen LogP contribution in [0.15, 0.2) is 30.3 Å². The maximum absolute atomic E-state index is 5.92. The van der Waals surface area contributed by atoms with E-state index < -0.39 is 0 Å². The fourth-order valence-corrected chi connectivity index (χ4v) is 3.01. The van der Waals surface area contributed by atoms with E-state index in [-0.39, 0.29) is 0 Å². The van der Waals surface area contributed by atoms with Crippen molar-refractivity contribution < 1.29 is 4.74 Å². The Morgan fingerprint density at radius 1 is 1.28 bits per heavy atom. The number of hydrogen-bond acceptors (Lipinski definition) is 2. The average molecular weight is 312 g/mol. The average Bonchev–Trinajstić information content (AvgIpc) is 2.76. The molecule has 2 nitrogen and oxygen atoms in total. The Kier molecular flexibility index (Phi) is 5.67. The zero-order valence-corrected chi connectivity index (χ0v) is 12.6. The van der Waals surface area contributed by atoms with Crippen molar-refractivity contribution >= 4 is 15.9 Å². The first kappa shape index (κ1) is 14.0. The van der Waals surface area contributed by atoms with E-state index in [9.17, 15) is 0 Å². The first-order valence-electron chi connectivity index (χ1n) is 6.75. The fraction of sp³-hybridized carbons (Fsp3) is 0.600. The van der Waals surface area contributed by atoms with Gasteiger partial charge in [-0.3, -0.25) is 4.90 Å². The number of hydrogen-bond donors (Lipinski definition) is 0. The molecule has 0 saturated carbocycles. The number of ether oxygens (including phenoxy) is 1. The molecular formula is C15H22BrNO. The van der Waals surface area contributed by atoms with Crippen molar-refractivity contribution in [3.8, 4) is 0 Å². The van der Waals surface area contributed by atoms with Crippen LogP contribution in [0.4, 0.5) is 0 Å². The summed E-state index contributed by atoms with van der Waals surface area (Å²) in [6.07, 6.45) is 3.27. The van der Waals surface area contributed by atoms with Crippen LogP contribution in [0.2, 0.25) is 0 Å². The molecule has 3 heteroatoms. The van der Waals surface area contributed by atoms with Crippen LogP contribution >= 0.6 is 15.9 Å². The fourth-order valence-electron chi connectivity index (χ4n) is 2.50. The molecule has 2 rings (SSSR count). The van der Waals surface area contributed by atoms with Crippen LogP contribution in [0.5, 0.6) is 0 Å². The lowest BCUT2D eigenvalue weighted by Gasteiger charge is -2.24. The van der Waals surface area contributed by atoms with Crippen molar-refractivity contribution in [2.24, 2.45) is 0 Å². The maximum Gasteiger partial charge on any atom is 0.0706 e. The standard InChI is InChI=1S/C15H22BrNO/c1-13-7-8-15(18-13)12-17(10-9-16)11-14-5-3-2-4-6-14/h2-6,13,15H,7-12H2,1H3. The van der Waals surface area contributed by atoms with Gasteiger partial charge in [0.2, 0.25) is 0 Å². The van der Waals surface area contributed by atoms with Gasteiger partial charge >= 0.3 is 0 Å². The second-order valence-electron chi connectivity index (χ2n) is 5.06. The molecule has 1 heterocycles. The molecule has 0 aromatic heterocycles. The van der Waals surface area contributed by atoms with E-state index in [2.05, 4.69) is 58.1 Å². The summed E-state index contributed by atoms with van der Waals surface area (Å²) in [6.45, 7) is 5.31. The highest BCUT2D eigenvalue weighted by Crippen LogP contribution is 2.20. The lowest BCUT2D eigenvalue weighted by atomic mass is 10.1. The lowest BCUT2D eigenvalue weighted by molar-refractivity contribution is 0.0311. The Bertz CT molecular complexity index is 344. The van der Waals surface area contributed by atoms with Crippen LogP contribution in [0.3, 0.4) is 0 Å². The molecule has 0 bridgehead atoms. The van der Waals surface area contributed by atoms with Crippen LogP contribution in [0.1, 0.15) is 25.3 Å². The molecule has 18 heavy (non-hydrogen) atoms. The highest BCUT2D eigenvalue weighted by molar-refractivity contribution is 9.09. The predicted octanol–water partition coefficient (Wildman–Crippen LogP) is 3.45. The smallest absolute Gasteiger partial charge is 0.0706 e. The first-order chi connectivity index (χ1) is 8.78. The summed E-state index contributed by atoms with van der Waals surface area (Å²) in [6, 6.07) is 10.7. The van der Waals surface area contributed by atoms with Crippen LogP contribution < -0.4 is 0 Å². The van der Waals surface area contributed by atoms with Gasteiger partial charge in [0.05, 0.1) is 12.2 Å². The quantitative estimate of drug-likeness (QED) is 0.746. The van der Waals surface area contributed by atoms with Crippen molar-refractivity contribution in [3.05, 3.63) is 35.9 Å². The zero-order chi connectivity index (χ0) is 12.8. The Morgan fingerprint density at radius 3 is 2.67 bits per heavy atom. The lowest BCUT2D eigenvalue weighted by Crippen LogP contribution is -2.33. The molecule has 2 unspecified atom stereocenters. The summed E-state index contributed by atoms with van der Waals surface area (Å²) in [7, 11) is 0. The molecule has 100 valence electrons. The minimum absolute atomic E-state index is 0.419. The molecule has 0 aliphatic carbocycles. The number of nitrogens with zero attached hydrogens (tertiary/aromatic N) is 1. The monoisotopic (exact) mass is 311 g/mol. The number of benzene rings is 1. The molecular weight excluding hydrogens is 290 g/mol. The molecule has 1 fully saturated rings. The summed E-state index contributed by atoms with van der Waals surface area (Å²) in [5.41, 5.74) is 1.38. The molecule has 0 N–H and O–H groups in total. The Labute approximate surface area is 118 Å². The third kappa shape index (κ3) is 4.38. The van der Waals surface area contributed by atoms with Gasteiger partial charge in [0.25, 0.3) is 0 Å². The third-order valence-corrected chi connectivity index (χ3v) is 3.79. The van der Waals surface area contributed by atoms with E-state index in [1.807, 2.05) is 0 Å². The van der Waals surface area contributed by atoms with Gasteiger partial charge in [0.15, 0.2) is 0 Å². The van der Waals surface area contributed by atoms with Gasteiger partial charge in [-0.05, 0) is 25.3 Å². The highest BCUT2D eigenvalue weighted by Gasteiger charge is 2.23. The zero-order valence-electron chi connectivity index (χ0n) is 11.0. The molecule has 2 atom stereocenters. The predicted molar refractivity (Wildman–Crippen MR) is 79.1 cm³/mol. The van der Waals surface area contributed by atoms with Crippen LogP contribution in [-0.4, -0.2) is 35.5 Å². The Hall–Kier alpha value is -0.380. The molecule has 0 spiro atoms. The van der Waals surface area contributed by atoms with Crippen molar-refractivity contribution in [1.29, 1.82) is 0 Å². The van der Waals surface area contributed by atoms with Crippen molar-refractivity contribution in [3.63, 3.8) is 0 Å². The van der Waals surface area contributed by atoms with E-state index in [1.165, 1.54) is 18.4 Å². The van der Waals surface area contributed by atoms with Crippen LogP contribution in [0.25, 0.3) is 0 Å². The highest BCUT2D eigenvalue weighted by atomic mass is 79.9. The molecule has 1 aromatic rings. The molecule has 1 aliphatic rings. The summed E-state index contributed by atoms with van der Waals surface area (Å²) >= 11 is 3.54. The second kappa shape index (κ2) is 7.27. The van der Waals surface area contributed by atoms with Gasteiger partial charge in [-0.15, -0.1) is 0 Å². The van der Waals surface area contributed by atoms with Gasteiger partial charge in [-0.25, -0.2) is 0 Å². The van der Waals surface area contributed by atoms with Gasteiger partial charge in [-0.1, -0.05) is 46.3 Å². The summed E-state index contributed by atoms with van der Waals surface area (Å²) in [4.78, 5) is 2.48. The normalized spacial score (nSPS) is 23.7. The molecule has 0 amide bonds. The minimum Gasteiger partial charge on any atom is -0.374 e. The van der Waals surface area contributed by atoms with Crippen molar-refractivity contribution in [2.75, 3.05) is 18.4 Å². The van der Waals surface area contributed by atoms with Crippen molar-refractivity contribution in [2.45, 2.75) is 38.5 Å². The van der Waals surface area contributed by atoms with Gasteiger partial charge < -0.3 is 4.74 Å². The van der Waals surface area contributed by atoms with E-state index in [0.29, 0.717) is 12.2 Å². The van der Waals surface area contributed by atoms with Crippen LogP contribution in [-0.2, 0) is 11.3 Å². The molecule has 1 saturated heterocycles. The topological polar surface area (TPSA) is 12.5 Å². The largest absolute Gasteiger partial charge is 0.374 e. The van der Waals surface area contributed by atoms with Gasteiger partial charge in [0.1, 0.15) is 0 Å². The molecule has 0 radical (unpaired) electrons. The van der Waals surface area contributed by atoms with Crippen LogP contribution in [0, 0.1) is 0 Å². The number of halogens is 1. The van der Waals surface area contributed by atoms with E-state index >= 15 is 0 Å². The Morgan fingerprint density at radius 2 is 2.06 bits per heavy atom. The third-order valence-electron chi connectivity index (χ3n) is 3.43. The van der Waals surface area contributed by atoms with E-state index in [4.69, 9.17) is 4.74 Å². The van der Waals surface area contributed by atoms with E-state index in [0.717, 1.165) is 25.0 Å². The van der Waals surface area contributed by atoms with E-state index in [1.54, 1.807) is 0 Å². The Balaban J connectivity index is 1.87. The summed E-state index contributed by atoms with van der Waals surface area (Å²) in [5.74, 6) is 0. The van der Waals surface area contributed by atoms with Gasteiger partial charge in [0, 0.05) is 25.0 Å². The SMILES string of the molecule is CC1CCC(CN(CCBr)Cc2ccccc2)O1.